The van der Waals surface area contributed by atoms with Crippen molar-refractivity contribution in [3.8, 4) is 6.07 Å². The molecule has 0 radical (unpaired) electrons. The summed E-state index contributed by atoms with van der Waals surface area (Å²) in [6, 6.07) is 18.0. The number of para-hydroxylation sites is 1. The Morgan fingerprint density at radius 3 is 2.64 bits per heavy atom. The number of hydrogen-bond donors (Lipinski definition) is 0. The number of nitrogens with zero attached hydrogens (tertiary/aromatic N) is 2. The molecule has 0 aliphatic carbocycles. The fraction of sp³-hybridized carbons (Fsp3) is 0.222. The smallest absolute Gasteiger partial charge is 0.222 e. The van der Waals surface area contributed by atoms with E-state index < -0.39 is 5.60 Å². The van der Waals surface area contributed by atoms with Crippen LogP contribution in [0.4, 0.5) is 5.69 Å². The van der Waals surface area contributed by atoms with Gasteiger partial charge in [0.05, 0.1) is 11.8 Å². The van der Waals surface area contributed by atoms with Gasteiger partial charge in [-0.25, -0.2) is 4.99 Å². The minimum absolute atomic E-state index is 0.443. The van der Waals surface area contributed by atoms with E-state index in [0.29, 0.717) is 18.7 Å². The van der Waals surface area contributed by atoms with Crippen LogP contribution in [-0.4, -0.2) is 5.90 Å². The van der Waals surface area contributed by atoms with Crippen molar-refractivity contribution in [2.24, 2.45) is 4.99 Å². The zero-order valence-corrected chi connectivity index (χ0v) is 13.8. The molecule has 0 aromatic heterocycles. The number of fused-ring (bicyclic) bond motifs is 1. The first-order chi connectivity index (χ1) is 10.6. The Bertz CT molecular complexity index is 761. The quantitative estimate of drug-likeness (QED) is 0.771. The lowest BCUT2D eigenvalue weighted by Crippen LogP contribution is -2.32. The van der Waals surface area contributed by atoms with Crippen molar-refractivity contribution in [3.05, 3.63) is 64.1 Å². The SMILES string of the molecule is CC1(CCC#N)OC(c2ccc(Br)cc2)=Nc2ccccc21. The van der Waals surface area contributed by atoms with Gasteiger partial charge in [-0.3, -0.25) is 0 Å². The van der Waals surface area contributed by atoms with Crippen LogP contribution >= 0.6 is 15.9 Å². The summed E-state index contributed by atoms with van der Waals surface area (Å²) in [6.07, 6.45) is 1.08. The van der Waals surface area contributed by atoms with E-state index in [2.05, 4.69) is 27.0 Å². The first-order valence-corrected chi connectivity index (χ1v) is 7.92. The molecule has 1 unspecified atom stereocenters. The molecule has 3 rings (SSSR count). The third kappa shape index (κ3) is 2.77. The van der Waals surface area contributed by atoms with Crippen molar-refractivity contribution in [1.29, 1.82) is 5.26 Å². The highest BCUT2D eigenvalue weighted by atomic mass is 79.9. The monoisotopic (exact) mass is 354 g/mol. The predicted octanol–water partition coefficient (Wildman–Crippen LogP) is 5.08. The maximum Gasteiger partial charge on any atom is 0.222 e. The van der Waals surface area contributed by atoms with E-state index in [1.165, 1.54) is 0 Å². The Morgan fingerprint density at radius 2 is 1.91 bits per heavy atom. The summed E-state index contributed by atoms with van der Waals surface area (Å²) in [4.78, 5) is 4.65. The summed E-state index contributed by atoms with van der Waals surface area (Å²) in [6.45, 7) is 2.02. The van der Waals surface area contributed by atoms with E-state index in [1.807, 2.05) is 55.5 Å². The van der Waals surface area contributed by atoms with Crippen LogP contribution in [0.15, 0.2) is 58.0 Å². The molecule has 1 heterocycles. The zero-order valence-electron chi connectivity index (χ0n) is 12.2. The van der Waals surface area contributed by atoms with E-state index in [1.54, 1.807) is 0 Å². The van der Waals surface area contributed by atoms with Gasteiger partial charge in [-0.15, -0.1) is 0 Å². The average Bonchev–Trinajstić information content (AvgIpc) is 2.54. The molecule has 110 valence electrons. The molecule has 0 N–H and O–H groups in total. The van der Waals surface area contributed by atoms with Crippen molar-refractivity contribution in [2.75, 3.05) is 0 Å². The van der Waals surface area contributed by atoms with Gasteiger partial charge in [-0.1, -0.05) is 34.1 Å². The fourth-order valence-electron chi connectivity index (χ4n) is 2.61. The molecule has 0 spiro atoms. The van der Waals surface area contributed by atoms with E-state index in [9.17, 15) is 0 Å². The Morgan fingerprint density at radius 1 is 1.18 bits per heavy atom. The summed E-state index contributed by atoms with van der Waals surface area (Å²) in [7, 11) is 0. The van der Waals surface area contributed by atoms with Crippen LogP contribution in [0.25, 0.3) is 0 Å². The van der Waals surface area contributed by atoms with Crippen molar-refractivity contribution in [1.82, 2.24) is 0 Å². The Balaban J connectivity index is 2.06. The number of nitriles is 1. The van der Waals surface area contributed by atoms with Crippen LogP contribution in [0.5, 0.6) is 0 Å². The van der Waals surface area contributed by atoms with Crippen LogP contribution in [0.2, 0.25) is 0 Å². The van der Waals surface area contributed by atoms with E-state index >= 15 is 0 Å². The Hall–Kier alpha value is -2.12. The van der Waals surface area contributed by atoms with Gasteiger partial charge in [0.25, 0.3) is 0 Å². The number of aliphatic imine (C=N–C) groups is 1. The molecule has 0 amide bonds. The van der Waals surface area contributed by atoms with Gasteiger partial charge in [0.1, 0.15) is 5.60 Å². The molecular weight excluding hydrogens is 340 g/mol. The summed E-state index contributed by atoms with van der Waals surface area (Å²) in [5.74, 6) is 0.603. The molecule has 0 bridgehead atoms. The number of rotatable bonds is 3. The first-order valence-electron chi connectivity index (χ1n) is 7.12. The molecule has 1 aliphatic rings. The van der Waals surface area contributed by atoms with Gasteiger partial charge in [-0.05, 0) is 37.3 Å². The van der Waals surface area contributed by atoms with Gasteiger partial charge >= 0.3 is 0 Å². The number of benzene rings is 2. The van der Waals surface area contributed by atoms with Crippen molar-refractivity contribution < 1.29 is 4.74 Å². The molecule has 2 aromatic carbocycles. The third-order valence-electron chi connectivity index (χ3n) is 3.82. The molecule has 4 heteroatoms. The number of hydrogen-bond acceptors (Lipinski definition) is 3. The summed E-state index contributed by atoms with van der Waals surface area (Å²) < 4.78 is 7.23. The van der Waals surface area contributed by atoms with E-state index in [-0.39, 0.29) is 0 Å². The standard InChI is InChI=1S/C18H15BrN2O/c1-18(11-4-12-20)15-5-2-3-6-16(15)21-17(22-18)13-7-9-14(19)10-8-13/h2-3,5-10H,4,11H2,1H3. The average molecular weight is 355 g/mol. The van der Waals surface area contributed by atoms with Crippen LogP contribution in [0.1, 0.15) is 30.9 Å². The van der Waals surface area contributed by atoms with Crippen LogP contribution in [0, 0.1) is 11.3 Å². The van der Waals surface area contributed by atoms with Crippen molar-refractivity contribution in [3.63, 3.8) is 0 Å². The number of ether oxygens (including phenoxy) is 1. The second-order valence-corrected chi connectivity index (χ2v) is 6.35. The van der Waals surface area contributed by atoms with Crippen LogP contribution < -0.4 is 0 Å². The minimum Gasteiger partial charge on any atom is -0.466 e. The Labute approximate surface area is 138 Å². The number of halogens is 1. The van der Waals surface area contributed by atoms with Gasteiger partial charge in [0.15, 0.2) is 0 Å². The second kappa shape index (κ2) is 5.94. The maximum atomic E-state index is 8.93. The largest absolute Gasteiger partial charge is 0.466 e. The maximum absolute atomic E-state index is 8.93. The molecule has 0 saturated heterocycles. The molecule has 3 nitrogen and oxygen atoms in total. The first kappa shape index (κ1) is 14.8. The molecule has 22 heavy (non-hydrogen) atoms. The summed E-state index contributed by atoms with van der Waals surface area (Å²) >= 11 is 3.44. The molecule has 1 aliphatic heterocycles. The second-order valence-electron chi connectivity index (χ2n) is 5.43. The topological polar surface area (TPSA) is 45.4 Å². The molecule has 2 aromatic rings. The van der Waals surface area contributed by atoms with Gasteiger partial charge in [-0.2, -0.15) is 5.26 Å². The Kier molecular flexibility index (Phi) is 4.00. The zero-order chi connectivity index (χ0) is 15.6. The lowest BCUT2D eigenvalue weighted by Gasteiger charge is -2.35. The predicted molar refractivity (Wildman–Crippen MR) is 90.1 cm³/mol. The van der Waals surface area contributed by atoms with Crippen molar-refractivity contribution in [2.45, 2.75) is 25.4 Å². The van der Waals surface area contributed by atoms with E-state index in [0.717, 1.165) is 21.3 Å². The van der Waals surface area contributed by atoms with Crippen LogP contribution in [0.3, 0.4) is 0 Å². The minimum atomic E-state index is -0.531. The highest BCUT2D eigenvalue weighted by molar-refractivity contribution is 9.10. The fourth-order valence-corrected chi connectivity index (χ4v) is 2.88. The van der Waals surface area contributed by atoms with Crippen molar-refractivity contribution >= 4 is 27.5 Å². The highest BCUT2D eigenvalue weighted by Crippen LogP contribution is 2.41. The molecule has 1 atom stereocenters. The summed E-state index contributed by atoms with van der Waals surface area (Å²) in [5, 5.41) is 8.93. The molecular formula is C18H15BrN2O. The lowest BCUT2D eigenvalue weighted by atomic mass is 9.88. The third-order valence-corrected chi connectivity index (χ3v) is 4.35. The highest BCUT2D eigenvalue weighted by Gasteiger charge is 2.35. The molecule has 0 fully saturated rings. The normalized spacial score (nSPS) is 19.6. The molecule has 0 saturated carbocycles. The summed E-state index contributed by atoms with van der Waals surface area (Å²) in [5.41, 5.74) is 2.34. The van der Waals surface area contributed by atoms with Crippen LogP contribution in [-0.2, 0) is 10.3 Å². The van der Waals surface area contributed by atoms with E-state index in [4.69, 9.17) is 10.00 Å². The lowest BCUT2D eigenvalue weighted by molar-refractivity contribution is 0.0621. The van der Waals surface area contributed by atoms with Gasteiger partial charge < -0.3 is 4.74 Å². The van der Waals surface area contributed by atoms with Gasteiger partial charge in [0.2, 0.25) is 5.90 Å². The van der Waals surface area contributed by atoms with Gasteiger partial charge in [0, 0.05) is 28.4 Å².